The Morgan fingerprint density at radius 2 is 1.75 bits per heavy atom. The molecule has 3 aliphatic heterocycles. The molecule has 0 N–H and O–H groups in total. The van der Waals surface area contributed by atoms with E-state index in [4.69, 9.17) is 9.84 Å². The molecule has 4 aliphatic rings. The summed E-state index contributed by atoms with van der Waals surface area (Å²) in [5.41, 5.74) is 5.00. The van der Waals surface area contributed by atoms with Crippen molar-refractivity contribution in [2.75, 3.05) is 13.1 Å². The van der Waals surface area contributed by atoms with Gasteiger partial charge in [0.2, 0.25) is 5.72 Å². The number of aryl methyl sites for hydroxylation is 1. The summed E-state index contributed by atoms with van der Waals surface area (Å²) in [5, 5.41) is 7.25. The summed E-state index contributed by atoms with van der Waals surface area (Å²) in [5.74, 6) is 0.715. The molecule has 4 nitrogen and oxygen atoms in total. The Morgan fingerprint density at radius 1 is 0.944 bits per heavy atom. The third-order valence-electron chi connectivity index (χ3n) is 8.50. The van der Waals surface area contributed by atoms with Crippen LogP contribution in [-0.4, -0.2) is 34.4 Å². The zero-order chi connectivity index (χ0) is 24.3. The number of piperidine rings is 1. The maximum atomic E-state index is 14.7. The molecular formula is C30H29BrFN3O. The third kappa shape index (κ3) is 3.60. The van der Waals surface area contributed by atoms with Crippen LogP contribution >= 0.6 is 15.9 Å². The lowest BCUT2D eigenvalue weighted by atomic mass is 9.84. The van der Waals surface area contributed by atoms with Crippen LogP contribution in [0.25, 0.3) is 0 Å². The molecule has 0 aromatic heterocycles. The van der Waals surface area contributed by atoms with Crippen LogP contribution in [0.1, 0.15) is 66.4 Å². The summed E-state index contributed by atoms with van der Waals surface area (Å²) in [6.45, 7) is 1.91. The summed E-state index contributed by atoms with van der Waals surface area (Å²) in [7, 11) is 0. The van der Waals surface area contributed by atoms with Crippen molar-refractivity contribution in [2.24, 2.45) is 5.10 Å². The quantitative estimate of drug-likeness (QED) is 0.347. The van der Waals surface area contributed by atoms with Crippen LogP contribution in [0.4, 0.5) is 4.39 Å². The molecule has 0 amide bonds. The minimum atomic E-state index is -0.511. The average Bonchev–Trinajstić information content (AvgIpc) is 3.37. The van der Waals surface area contributed by atoms with E-state index < -0.39 is 5.72 Å². The number of hydrogen-bond acceptors (Lipinski definition) is 4. The van der Waals surface area contributed by atoms with E-state index in [0.29, 0.717) is 18.0 Å². The SMILES string of the molecule is Fc1ccccc1C1=NN2[C@H](C1)c1cc(Br)ccc1OC21CCN([C@@H]2CCCc3ccccc32)CC1. The summed E-state index contributed by atoms with van der Waals surface area (Å²) >= 11 is 3.63. The predicted octanol–water partition coefficient (Wildman–Crippen LogP) is 7.00. The van der Waals surface area contributed by atoms with Crippen molar-refractivity contribution in [3.8, 4) is 5.75 Å². The van der Waals surface area contributed by atoms with E-state index in [1.165, 1.54) is 36.5 Å². The van der Waals surface area contributed by atoms with Gasteiger partial charge in [0.05, 0.1) is 11.8 Å². The molecule has 6 heteroatoms. The van der Waals surface area contributed by atoms with Gasteiger partial charge in [0, 0.05) is 54.0 Å². The number of ether oxygens (including phenoxy) is 1. The maximum Gasteiger partial charge on any atom is 0.200 e. The first kappa shape index (κ1) is 22.5. The first-order chi connectivity index (χ1) is 17.6. The number of likely N-dealkylation sites (tertiary alicyclic amines) is 1. The zero-order valence-electron chi connectivity index (χ0n) is 20.2. The highest BCUT2D eigenvalue weighted by Gasteiger charge is 2.52. The van der Waals surface area contributed by atoms with Gasteiger partial charge in [-0.3, -0.25) is 4.90 Å². The van der Waals surface area contributed by atoms with Crippen molar-refractivity contribution in [2.45, 2.75) is 56.3 Å². The number of nitrogens with zero attached hydrogens (tertiary/aromatic N) is 3. The fourth-order valence-corrected chi connectivity index (χ4v) is 7.11. The van der Waals surface area contributed by atoms with Gasteiger partial charge in [0.15, 0.2) is 0 Å². The molecule has 0 radical (unpaired) electrons. The fraction of sp³-hybridized carbons (Fsp3) is 0.367. The lowest BCUT2D eigenvalue weighted by molar-refractivity contribution is -0.153. The predicted molar refractivity (Wildman–Crippen MR) is 143 cm³/mol. The Kier molecular flexibility index (Phi) is 5.44. The van der Waals surface area contributed by atoms with Crippen LogP contribution in [0.3, 0.4) is 0 Å². The Labute approximate surface area is 219 Å². The van der Waals surface area contributed by atoms with E-state index in [9.17, 15) is 4.39 Å². The molecule has 36 heavy (non-hydrogen) atoms. The zero-order valence-corrected chi connectivity index (χ0v) is 21.8. The Balaban J connectivity index is 1.22. The van der Waals surface area contributed by atoms with E-state index >= 15 is 0 Å². The summed E-state index contributed by atoms with van der Waals surface area (Å²) in [6.07, 6.45) is 6.05. The first-order valence-corrected chi connectivity index (χ1v) is 13.8. The van der Waals surface area contributed by atoms with Gasteiger partial charge in [-0.25, -0.2) is 9.40 Å². The Hall–Kier alpha value is -2.70. The van der Waals surface area contributed by atoms with E-state index in [-0.39, 0.29) is 11.9 Å². The first-order valence-electron chi connectivity index (χ1n) is 13.0. The van der Waals surface area contributed by atoms with Gasteiger partial charge in [-0.1, -0.05) is 58.4 Å². The van der Waals surface area contributed by atoms with Gasteiger partial charge >= 0.3 is 0 Å². The number of benzene rings is 3. The smallest absolute Gasteiger partial charge is 0.200 e. The van der Waals surface area contributed by atoms with Gasteiger partial charge in [-0.15, -0.1) is 0 Å². The van der Waals surface area contributed by atoms with Gasteiger partial charge < -0.3 is 4.74 Å². The van der Waals surface area contributed by atoms with Gasteiger partial charge in [0.25, 0.3) is 0 Å². The highest BCUT2D eigenvalue weighted by atomic mass is 79.9. The van der Waals surface area contributed by atoms with Crippen LogP contribution in [0.15, 0.2) is 76.3 Å². The molecule has 3 aromatic rings. The van der Waals surface area contributed by atoms with Crippen molar-refractivity contribution in [1.82, 2.24) is 9.91 Å². The maximum absolute atomic E-state index is 14.7. The van der Waals surface area contributed by atoms with Crippen LogP contribution in [0.5, 0.6) is 5.75 Å². The number of hydrazone groups is 1. The van der Waals surface area contributed by atoms with Crippen LogP contribution in [0, 0.1) is 5.82 Å². The molecule has 0 saturated carbocycles. The second kappa shape index (κ2) is 8.70. The van der Waals surface area contributed by atoms with Gasteiger partial charge in [-0.05, 0) is 54.7 Å². The van der Waals surface area contributed by atoms with Gasteiger partial charge in [0.1, 0.15) is 11.6 Å². The normalized spacial score (nSPS) is 24.5. The summed E-state index contributed by atoms with van der Waals surface area (Å²) in [4.78, 5) is 2.65. The van der Waals surface area contributed by atoms with E-state index in [2.05, 4.69) is 62.2 Å². The minimum absolute atomic E-state index is 0.0443. The van der Waals surface area contributed by atoms with Crippen molar-refractivity contribution < 1.29 is 9.13 Å². The molecule has 3 aromatic carbocycles. The second-order valence-electron chi connectivity index (χ2n) is 10.5. The fourth-order valence-electron chi connectivity index (χ4n) is 6.73. The molecule has 184 valence electrons. The molecule has 2 atom stereocenters. The van der Waals surface area contributed by atoms with Crippen molar-refractivity contribution in [3.63, 3.8) is 0 Å². The molecule has 1 aliphatic carbocycles. The molecule has 3 heterocycles. The highest BCUT2D eigenvalue weighted by Crippen LogP contribution is 2.51. The van der Waals surface area contributed by atoms with E-state index in [0.717, 1.165) is 47.4 Å². The monoisotopic (exact) mass is 545 g/mol. The molecular weight excluding hydrogens is 517 g/mol. The Morgan fingerprint density at radius 3 is 2.61 bits per heavy atom. The summed E-state index contributed by atoms with van der Waals surface area (Å²) < 4.78 is 22.6. The van der Waals surface area contributed by atoms with Crippen molar-refractivity contribution in [1.29, 1.82) is 0 Å². The standard InChI is InChI=1S/C30H29BrFN3O/c31-21-12-13-29-24(18-21)28-19-26(23-9-3-4-10-25(23)32)33-35(28)30(36-29)14-16-34(17-15-30)27-11-5-7-20-6-1-2-8-22(20)27/h1-4,6,8-10,12-13,18,27-28H,5,7,11,14-17,19H2/t27-,28-/m1/s1. The molecule has 0 bridgehead atoms. The van der Waals surface area contributed by atoms with Crippen LogP contribution in [-0.2, 0) is 6.42 Å². The Bertz CT molecular complexity index is 1350. The molecule has 0 unspecified atom stereocenters. The minimum Gasteiger partial charge on any atom is -0.466 e. The highest BCUT2D eigenvalue weighted by molar-refractivity contribution is 9.10. The van der Waals surface area contributed by atoms with Crippen LogP contribution in [0.2, 0.25) is 0 Å². The second-order valence-corrected chi connectivity index (χ2v) is 11.4. The molecule has 1 saturated heterocycles. The topological polar surface area (TPSA) is 28.1 Å². The number of halogens is 2. The molecule has 1 fully saturated rings. The lowest BCUT2D eigenvalue weighted by Gasteiger charge is -2.52. The number of rotatable bonds is 2. The summed E-state index contributed by atoms with van der Waals surface area (Å²) in [6, 6.07) is 22.7. The van der Waals surface area contributed by atoms with Gasteiger partial charge in [-0.2, -0.15) is 5.10 Å². The molecule has 1 spiro atoms. The van der Waals surface area contributed by atoms with Crippen molar-refractivity contribution in [3.05, 3.63) is 99.3 Å². The third-order valence-corrected chi connectivity index (χ3v) is 8.99. The largest absolute Gasteiger partial charge is 0.466 e. The number of hydrogen-bond donors (Lipinski definition) is 0. The van der Waals surface area contributed by atoms with Crippen molar-refractivity contribution >= 4 is 21.6 Å². The van der Waals surface area contributed by atoms with E-state index in [1.807, 2.05) is 18.2 Å². The average molecular weight is 546 g/mol. The lowest BCUT2D eigenvalue weighted by Crippen LogP contribution is -2.59. The molecule has 7 rings (SSSR count). The van der Waals surface area contributed by atoms with E-state index in [1.54, 1.807) is 6.07 Å². The van der Waals surface area contributed by atoms with Crippen LogP contribution < -0.4 is 4.74 Å². The number of fused-ring (bicyclic) bond motifs is 5.